The molecule has 0 spiro atoms. The maximum Gasteiger partial charge on any atom is 0.253 e. The number of benzene rings is 1. The van der Waals surface area contributed by atoms with Crippen LogP contribution in [0.3, 0.4) is 0 Å². The summed E-state index contributed by atoms with van der Waals surface area (Å²) >= 11 is 0. The first-order chi connectivity index (χ1) is 12.9. The lowest BCUT2D eigenvalue weighted by atomic mass is 9.96. The van der Waals surface area contributed by atoms with Gasteiger partial charge in [0.1, 0.15) is 0 Å². The van der Waals surface area contributed by atoms with Crippen molar-refractivity contribution in [3.63, 3.8) is 0 Å². The van der Waals surface area contributed by atoms with Crippen molar-refractivity contribution in [3.8, 4) is 0 Å². The number of carbonyl (C=O) groups excluding carboxylic acids is 2. The Kier molecular flexibility index (Phi) is 9.88. The number of nitrogens with two attached hydrogens (primary N) is 1. The summed E-state index contributed by atoms with van der Waals surface area (Å²) in [5, 5.41) is 2.78. The maximum atomic E-state index is 12.7. The van der Waals surface area contributed by atoms with Crippen molar-refractivity contribution in [2.24, 2.45) is 11.7 Å². The summed E-state index contributed by atoms with van der Waals surface area (Å²) in [7, 11) is -3.25. The molecule has 0 aliphatic carbocycles. The number of nitrogens with zero attached hydrogens (tertiary/aromatic N) is 1. The number of sulfonamides is 1. The zero-order chi connectivity index (χ0) is 19.9. The first kappa shape index (κ1) is 24.4. The standard InChI is InChI=1S/C18H28N4O4S.ClH/c1-2-27(25,26)21-12-14-5-7-15(8-6-14)18(24)22-11-3-4-16(13-22)17(23)20-10-9-19;/h5-8,16,21H,2-4,9-13,19H2,1H3,(H,20,23);1H. The summed E-state index contributed by atoms with van der Waals surface area (Å²) in [4.78, 5) is 26.5. The topological polar surface area (TPSA) is 122 Å². The molecule has 10 heteroatoms. The number of nitrogens with one attached hydrogen (secondary N) is 2. The highest BCUT2D eigenvalue weighted by molar-refractivity contribution is 7.89. The van der Waals surface area contributed by atoms with Gasteiger partial charge in [0.25, 0.3) is 5.91 Å². The summed E-state index contributed by atoms with van der Waals surface area (Å²) < 4.78 is 25.5. The van der Waals surface area contributed by atoms with E-state index >= 15 is 0 Å². The van der Waals surface area contributed by atoms with E-state index in [0.717, 1.165) is 18.4 Å². The lowest BCUT2D eigenvalue weighted by molar-refractivity contribution is -0.126. The van der Waals surface area contributed by atoms with Gasteiger partial charge in [0.2, 0.25) is 15.9 Å². The number of hydrogen-bond acceptors (Lipinski definition) is 5. The number of carbonyl (C=O) groups is 2. The molecule has 1 atom stereocenters. The highest BCUT2D eigenvalue weighted by Gasteiger charge is 2.28. The third-order valence-electron chi connectivity index (χ3n) is 4.60. The van der Waals surface area contributed by atoms with Crippen molar-refractivity contribution >= 4 is 34.2 Å². The zero-order valence-corrected chi connectivity index (χ0v) is 17.7. The fourth-order valence-corrected chi connectivity index (χ4v) is 3.55. The number of hydrogen-bond donors (Lipinski definition) is 3. The van der Waals surface area contributed by atoms with Crippen molar-refractivity contribution in [2.45, 2.75) is 26.3 Å². The van der Waals surface area contributed by atoms with E-state index in [4.69, 9.17) is 5.73 Å². The summed E-state index contributed by atoms with van der Waals surface area (Å²) in [6, 6.07) is 6.85. The molecule has 1 saturated heterocycles. The Hall–Kier alpha value is -1.68. The second kappa shape index (κ2) is 11.4. The summed E-state index contributed by atoms with van der Waals surface area (Å²) in [5.74, 6) is -0.362. The fourth-order valence-electron chi connectivity index (χ4n) is 2.96. The average molecular weight is 433 g/mol. The molecule has 1 aliphatic rings. The molecule has 1 aromatic carbocycles. The Bertz CT molecular complexity index is 755. The van der Waals surface area contributed by atoms with E-state index < -0.39 is 10.0 Å². The molecular weight excluding hydrogens is 404 g/mol. The van der Waals surface area contributed by atoms with E-state index in [1.54, 1.807) is 36.1 Å². The van der Waals surface area contributed by atoms with Gasteiger partial charge in [0.15, 0.2) is 0 Å². The molecule has 158 valence electrons. The normalized spacial score (nSPS) is 16.9. The van der Waals surface area contributed by atoms with Gasteiger partial charge >= 0.3 is 0 Å². The largest absolute Gasteiger partial charge is 0.355 e. The van der Waals surface area contributed by atoms with Gasteiger partial charge in [-0.3, -0.25) is 9.59 Å². The Balaban J connectivity index is 0.00000392. The second-order valence-electron chi connectivity index (χ2n) is 6.59. The van der Waals surface area contributed by atoms with Crippen LogP contribution in [0.25, 0.3) is 0 Å². The highest BCUT2D eigenvalue weighted by atomic mass is 35.5. The van der Waals surface area contributed by atoms with Gasteiger partial charge in [-0.25, -0.2) is 13.1 Å². The first-order valence-corrected chi connectivity index (χ1v) is 10.8. The van der Waals surface area contributed by atoms with Crippen molar-refractivity contribution in [1.82, 2.24) is 14.9 Å². The van der Waals surface area contributed by atoms with E-state index in [1.807, 2.05) is 0 Å². The van der Waals surface area contributed by atoms with Gasteiger partial charge in [-0.05, 0) is 37.5 Å². The van der Waals surface area contributed by atoms with E-state index in [0.29, 0.717) is 31.7 Å². The summed E-state index contributed by atoms with van der Waals surface area (Å²) in [6.45, 7) is 3.61. The lowest BCUT2D eigenvalue weighted by Gasteiger charge is -2.32. The molecule has 1 heterocycles. The summed E-state index contributed by atoms with van der Waals surface area (Å²) in [5.41, 5.74) is 6.71. The van der Waals surface area contributed by atoms with Gasteiger partial charge in [0, 0.05) is 38.3 Å². The smallest absolute Gasteiger partial charge is 0.253 e. The number of rotatable bonds is 8. The number of piperidine rings is 1. The van der Waals surface area contributed by atoms with Gasteiger partial charge in [-0.2, -0.15) is 0 Å². The number of likely N-dealkylation sites (tertiary alicyclic amines) is 1. The maximum absolute atomic E-state index is 12.7. The molecular formula is C18H29ClN4O4S. The Morgan fingerprint density at radius 2 is 1.93 bits per heavy atom. The monoisotopic (exact) mass is 432 g/mol. The van der Waals surface area contributed by atoms with Crippen LogP contribution < -0.4 is 15.8 Å². The van der Waals surface area contributed by atoms with Crippen LogP contribution in [0.2, 0.25) is 0 Å². The van der Waals surface area contributed by atoms with Gasteiger partial charge < -0.3 is 16.0 Å². The van der Waals surface area contributed by atoms with Gasteiger partial charge in [-0.15, -0.1) is 12.4 Å². The van der Waals surface area contributed by atoms with Crippen LogP contribution in [0.1, 0.15) is 35.7 Å². The fraction of sp³-hybridized carbons (Fsp3) is 0.556. The first-order valence-electron chi connectivity index (χ1n) is 9.19. The molecule has 2 amide bonds. The average Bonchev–Trinajstić information content (AvgIpc) is 2.70. The molecule has 0 aromatic heterocycles. The highest BCUT2D eigenvalue weighted by Crippen LogP contribution is 2.19. The zero-order valence-electron chi connectivity index (χ0n) is 16.0. The summed E-state index contributed by atoms with van der Waals surface area (Å²) in [6.07, 6.45) is 1.54. The van der Waals surface area contributed by atoms with Crippen LogP contribution in [0.4, 0.5) is 0 Å². The van der Waals surface area contributed by atoms with E-state index in [1.165, 1.54) is 0 Å². The number of halogens is 1. The van der Waals surface area contributed by atoms with E-state index in [9.17, 15) is 18.0 Å². The molecule has 2 rings (SSSR count). The minimum Gasteiger partial charge on any atom is -0.355 e. The van der Waals surface area contributed by atoms with E-state index in [-0.39, 0.29) is 42.4 Å². The molecule has 28 heavy (non-hydrogen) atoms. The Morgan fingerprint density at radius 1 is 1.25 bits per heavy atom. The second-order valence-corrected chi connectivity index (χ2v) is 8.69. The van der Waals surface area contributed by atoms with E-state index in [2.05, 4.69) is 10.0 Å². The van der Waals surface area contributed by atoms with Crippen LogP contribution in [-0.2, 0) is 21.4 Å². The minimum absolute atomic E-state index is 0. The molecule has 0 saturated carbocycles. The Morgan fingerprint density at radius 3 is 2.54 bits per heavy atom. The van der Waals surface area contributed by atoms with Crippen molar-refractivity contribution < 1.29 is 18.0 Å². The third kappa shape index (κ3) is 7.05. The molecule has 1 aliphatic heterocycles. The molecule has 8 nitrogen and oxygen atoms in total. The molecule has 0 radical (unpaired) electrons. The molecule has 1 unspecified atom stereocenters. The molecule has 0 bridgehead atoms. The van der Waals surface area contributed by atoms with Crippen LogP contribution in [-0.4, -0.2) is 57.1 Å². The molecule has 4 N–H and O–H groups in total. The van der Waals surface area contributed by atoms with Crippen molar-refractivity contribution in [1.29, 1.82) is 0 Å². The van der Waals surface area contributed by atoms with Crippen LogP contribution in [0.15, 0.2) is 24.3 Å². The van der Waals surface area contributed by atoms with Crippen LogP contribution >= 0.6 is 12.4 Å². The van der Waals surface area contributed by atoms with Gasteiger partial charge in [-0.1, -0.05) is 12.1 Å². The van der Waals surface area contributed by atoms with Gasteiger partial charge in [0.05, 0.1) is 11.7 Å². The quantitative estimate of drug-likeness (QED) is 0.551. The molecule has 1 fully saturated rings. The van der Waals surface area contributed by atoms with Crippen molar-refractivity contribution in [2.75, 3.05) is 31.9 Å². The number of amides is 2. The predicted octanol–water partition coefficient (Wildman–Crippen LogP) is 0.475. The SMILES string of the molecule is CCS(=O)(=O)NCc1ccc(C(=O)N2CCCC(C(=O)NCCN)C2)cc1.Cl. The Labute approximate surface area is 172 Å². The predicted molar refractivity (Wildman–Crippen MR) is 111 cm³/mol. The van der Waals surface area contributed by atoms with Crippen molar-refractivity contribution in [3.05, 3.63) is 35.4 Å². The van der Waals surface area contributed by atoms with Crippen LogP contribution in [0, 0.1) is 5.92 Å². The minimum atomic E-state index is -3.25. The molecule has 1 aromatic rings. The van der Waals surface area contributed by atoms with Crippen LogP contribution in [0.5, 0.6) is 0 Å². The third-order valence-corrected chi connectivity index (χ3v) is 5.94. The lowest BCUT2D eigenvalue weighted by Crippen LogP contribution is -2.46.